The van der Waals surface area contributed by atoms with Gasteiger partial charge in [-0.2, -0.15) is 0 Å². The molecule has 1 rings (SSSR count). The molecule has 6 heteroatoms. The second-order valence-corrected chi connectivity index (χ2v) is 5.35. The van der Waals surface area contributed by atoms with E-state index >= 15 is 0 Å². The Morgan fingerprint density at radius 2 is 2.29 bits per heavy atom. The highest BCUT2D eigenvalue weighted by molar-refractivity contribution is 8.26. The molecule has 17 heavy (non-hydrogen) atoms. The third-order valence-corrected chi connectivity index (χ3v) is 3.40. The molecule has 0 bridgehead atoms. The molecule has 0 aliphatic carbocycles. The summed E-state index contributed by atoms with van der Waals surface area (Å²) in [7, 11) is 0. The Labute approximate surface area is 109 Å². The molecule has 0 unspecified atom stereocenters. The van der Waals surface area contributed by atoms with Crippen molar-refractivity contribution in [3.05, 3.63) is 23.1 Å². The van der Waals surface area contributed by atoms with Crippen LogP contribution in [0.3, 0.4) is 0 Å². The van der Waals surface area contributed by atoms with Crippen LogP contribution in [0.4, 0.5) is 0 Å². The Morgan fingerprint density at radius 3 is 2.82 bits per heavy atom. The van der Waals surface area contributed by atoms with Crippen LogP contribution in [0.25, 0.3) is 0 Å². The number of carbonyl (C=O) groups excluding carboxylic acids is 1. The summed E-state index contributed by atoms with van der Waals surface area (Å²) in [5.74, 6) is -1.03. The lowest BCUT2D eigenvalue weighted by Gasteiger charge is -2.13. The number of thioether (sulfide) groups is 1. The van der Waals surface area contributed by atoms with Crippen LogP contribution in [-0.4, -0.2) is 32.7 Å². The molecule has 1 heterocycles. The molecule has 0 saturated carbocycles. The Balaban J connectivity index is 2.63. The molecule has 1 saturated heterocycles. The fourth-order valence-electron chi connectivity index (χ4n) is 1.30. The maximum absolute atomic E-state index is 11.9. The summed E-state index contributed by atoms with van der Waals surface area (Å²) < 4.78 is 0.480. The minimum atomic E-state index is -0.868. The van der Waals surface area contributed by atoms with Crippen LogP contribution in [-0.2, 0) is 9.59 Å². The maximum Gasteiger partial charge on any atom is 0.303 e. The summed E-state index contributed by atoms with van der Waals surface area (Å²) in [5, 5.41) is 8.53. The normalized spacial score (nSPS) is 17.9. The lowest BCUT2D eigenvalue weighted by Crippen LogP contribution is -2.29. The van der Waals surface area contributed by atoms with Gasteiger partial charge in [-0.25, -0.2) is 0 Å². The lowest BCUT2D eigenvalue weighted by atomic mass is 10.2. The minimum absolute atomic E-state index is 0.0383. The highest BCUT2D eigenvalue weighted by Gasteiger charge is 2.31. The van der Waals surface area contributed by atoms with Crippen LogP contribution in [0.15, 0.2) is 23.1 Å². The number of amides is 1. The Kier molecular flexibility index (Phi) is 4.89. The third-order valence-electron chi connectivity index (χ3n) is 2.02. The Morgan fingerprint density at radius 1 is 1.65 bits per heavy atom. The molecule has 4 nitrogen and oxygen atoms in total. The van der Waals surface area contributed by atoms with Gasteiger partial charge >= 0.3 is 5.97 Å². The first-order valence-electron chi connectivity index (χ1n) is 5.04. The quantitative estimate of drug-likeness (QED) is 0.613. The summed E-state index contributed by atoms with van der Waals surface area (Å²) >= 11 is 6.31. The zero-order valence-electron chi connectivity index (χ0n) is 9.43. The molecule has 1 aliphatic rings. The van der Waals surface area contributed by atoms with Gasteiger partial charge in [-0.1, -0.05) is 36.1 Å². The maximum atomic E-state index is 11.9. The van der Waals surface area contributed by atoms with E-state index in [2.05, 4.69) is 6.58 Å². The molecular weight excluding hydrogens is 258 g/mol. The number of nitrogens with zero attached hydrogens (tertiary/aromatic N) is 1. The summed E-state index contributed by atoms with van der Waals surface area (Å²) in [4.78, 5) is 24.3. The van der Waals surface area contributed by atoms with Crippen molar-refractivity contribution >= 4 is 40.2 Å². The number of hydrogen-bond donors (Lipinski definition) is 1. The molecule has 0 aromatic carbocycles. The van der Waals surface area contributed by atoms with Crippen LogP contribution in [0.2, 0.25) is 0 Å². The molecule has 1 amide bonds. The Hall–Kier alpha value is -1.14. The number of thiocarbonyl (C=S) groups is 1. The zero-order valence-corrected chi connectivity index (χ0v) is 11.1. The Bertz CT molecular complexity index is 415. The first kappa shape index (κ1) is 13.9. The number of allylic oxidation sites excluding steroid dienone is 2. The van der Waals surface area contributed by atoms with Gasteiger partial charge in [0.1, 0.15) is 4.32 Å². The average molecular weight is 271 g/mol. The molecule has 0 spiro atoms. The largest absolute Gasteiger partial charge is 0.481 e. The number of hydrogen-bond acceptors (Lipinski definition) is 4. The van der Waals surface area contributed by atoms with Gasteiger partial charge in [0.2, 0.25) is 0 Å². The van der Waals surface area contributed by atoms with E-state index in [0.29, 0.717) is 22.2 Å². The van der Waals surface area contributed by atoms with Gasteiger partial charge in [0.05, 0.1) is 4.91 Å². The fraction of sp³-hybridized carbons (Fsp3) is 0.364. The third kappa shape index (κ3) is 3.98. The predicted molar refractivity (Wildman–Crippen MR) is 71.7 cm³/mol. The first-order valence-corrected chi connectivity index (χ1v) is 6.27. The van der Waals surface area contributed by atoms with Gasteiger partial charge in [0.15, 0.2) is 0 Å². The van der Waals surface area contributed by atoms with Crippen molar-refractivity contribution in [2.75, 3.05) is 6.54 Å². The minimum Gasteiger partial charge on any atom is -0.481 e. The number of aliphatic carboxylic acids is 1. The van der Waals surface area contributed by atoms with E-state index in [1.165, 1.54) is 16.7 Å². The average Bonchev–Trinajstić information content (AvgIpc) is 2.44. The standard InChI is InChI=1S/C11H13NO3S2/c1-7(2)6-8-10(15)12(11(16)17-8)5-3-4-9(13)14/h6H,1,3-5H2,2H3,(H,13,14). The molecule has 92 valence electrons. The van der Waals surface area contributed by atoms with Crippen molar-refractivity contribution < 1.29 is 14.7 Å². The van der Waals surface area contributed by atoms with Crippen LogP contribution in [0.1, 0.15) is 19.8 Å². The number of carboxylic acids is 1. The van der Waals surface area contributed by atoms with Crippen molar-refractivity contribution in [1.82, 2.24) is 4.90 Å². The van der Waals surface area contributed by atoms with Crippen molar-refractivity contribution in [3.63, 3.8) is 0 Å². The number of rotatable bonds is 5. The summed E-state index contributed by atoms with van der Waals surface area (Å²) in [5.41, 5.74) is 0.788. The van der Waals surface area contributed by atoms with Gasteiger partial charge in [-0.3, -0.25) is 14.5 Å². The topological polar surface area (TPSA) is 57.6 Å². The highest BCUT2D eigenvalue weighted by atomic mass is 32.2. The first-order chi connectivity index (χ1) is 7.91. The molecule has 1 fully saturated rings. The van der Waals surface area contributed by atoms with Gasteiger partial charge < -0.3 is 5.11 Å². The SMILES string of the molecule is C=C(C)C=C1SC(=S)N(CCCC(=O)O)C1=O. The van der Waals surface area contributed by atoms with E-state index in [9.17, 15) is 9.59 Å². The van der Waals surface area contributed by atoms with E-state index in [4.69, 9.17) is 17.3 Å². The molecule has 0 aromatic rings. The van der Waals surface area contributed by atoms with Gasteiger partial charge in [0.25, 0.3) is 5.91 Å². The van der Waals surface area contributed by atoms with Crippen LogP contribution in [0.5, 0.6) is 0 Å². The van der Waals surface area contributed by atoms with Gasteiger partial charge in [-0.05, 0) is 19.4 Å². The molecular formula is C11H13NO3S2. The molecule has 1 N–H and O–H groups in total. The smallest absolute Gasteiger partial charge is 0.303 e. The number of carboxylic acid groups (broad SMARTS) is 1. The van der Waals surface area contributed by atoms with Crippen molar-refractivity contribution in [2.24, 2.45) is 0 Å². The molecule has 0 aromatic heterocycles. The van der Waals surface area contributed by atoms with Crippen molar-refractivity contribution in [1.29, 1.82) is 0 Å². The highest BCUT2D eigenvalue weighted by Crippen LogP contribution is 2.31. The van der Waals surface area contributed by atoms with E-state index in [1.807, 2.05) is 0 Å². The summed E-state index contributed by atoms with van der Waals surface area (Å²) in [6, 6.07) is 0. The monoisotopic (exact) mass is 271 g/mol. The molecule has 1 aliphatic heterocycles. The molecule has 0 atom stereocenters. The predicted octanol–water partition coefficient (Wildman–Crippen LogP) is 2.17. The summed E-state index contributed by atoms with van der Waals surface area (Å²) in [6.45, 7) is 5.86. The van der Waals surface area contributed by atoms with Crippen LogP contribution >= 0.6 is 24.0 Å². The summed E-state index contributed by atoms with van der Waals surface area (Å²) in [6.07, 6.45) is 2.13. The second kappa shape index (κ2) is 5.97. The molecule has 0 radical (unpaired) electrons. The van der Waals surface area contributed by atoms with E-state index in [1.54, 1.807) is 13.0 Å². The van der Waals surface area contributed by atoms with E-state index < -0.39 is 5.97 Å². The second-order valence-electron chi connectivity index (χ2n) is 3.68. The van der Waals surface area contributed by atoms with Crippen molar-refractivity contribution in [2.45, 2.75) is 19.8 Å². The van der Waals surface area contributed by atoms with E-state index in [0.717, 1.165) is 5.57 Å². The van der Waals surface area contributed by atoms with Crippen molar-refractivity contribution in [3.8, 4) is 0 Å². The van der Waals surface area contributed by atoms with Crippen LogP contribution in [0, 0.1) is 0 Å². The zero-order chi connectivity index (χ0) is 13.0. The van der Waals surface area contributed by atoms with E-state index in [-0.39, 0.29) is 12.3 Å². The lowest BCUT2D eigenvalue weighted by molar-refractivity contribution is -0.137. The van der Waals surface area contributed by atoms with Crippen LogP contribution < -0.4 is 0 Å². The number of carbonyl (C=O) groups is 2. The fourth-order valence-corrected chi connectivity index (χ4v) is 2.68. The van der Waals surface area contributed by atoms with Gasteiger partial charge in [-0.15, -0.1) is 0 Å². The van der Waals surface area contributed by atoms with Gasteiger partial charge in [0, 0.05) is 13.0 Å².